The van der Waals surface area contributed by atoms with Gasteiger partial charge in [0.15, 0.2) is 6.10 Å². The number of carbonyl (C=O) groups is 2. The van der Waals surface area contributed by atoms with Crippen molar-refractivity contribution in [1.29, 1.82) is 0 Å². The van der Waals surface area contributed by atoms with Crippen molar-refractivity contribution in [2.45, 2.75) is 30.8 Å². The summed E-state index contributed by atoms with van der Waals surface area (Å²) in [5.41, 5.74) is 1.79. The van der Waals surface area contributed by atoms with Crippen LogP contribution in [0.1, 0.15) is 29.3 Å². The van der Waals surface area contributed by atoms with E-state index in [4.69, 9.17) is 4.74 Å². The van der Waals surface area contributed by atoms with E-state index < -0.39 is 27.9 Å². The third-order valence-electron chi connectivity index (χ3n) is 5.53. The minimum Gasteiger partial charge on any atom is -0.449 e. The van der Waals surface area contributed by atoms with E-state index in [0.717, 1.165) is 30.2 Å². The number of aryl methyl sites for hydroxylation is 1. The van der Waals surface area contributed by atoms with Gasteiger partial charge in [-0.3, -0.25) is 9.52 Å². The number of para-hydroxylation sites is 2. The van der Waals surface area contributed by atoms with Crippen LogP contribution >= 0.6 is 0 Å². The minimum absolute atomic E-state index is 0.0866. The second kappa shape index (κ2) is 9.64. The molecule has 4 rings (SSSR count). The van der Waals surface area contributed by atoms with Crippen LogP contribution < -0.4 is 9.62 Å². The minimum atomic E-state index is -4.06. The lowest BCUT2D eigenvalue weighted by atomic mass is 10.0. The Morgan fingerprint density at radius 2 is 1.68 bits per heavy atom. The molecule has 0 aliphatic carbocycles. The van der Waals surface area contributed by atoms with Crippen molar-refractivity contribution in [2.24, 2.45) is 0 Å². The number of amides is 1. The van der Waals surface area contributed by atoms with Crippen molar-refractivity contribution in [3.05, 3.63) is 89.7 Å². The first-order valence-corrected chi connectivity index (χ1v) is 12.2. The van der Waals surface area contributed by atoms with Crippen molar-refractivity contribution >= 4 is 33.3 Å². The summed E-state index contributed by atoms with van der Waals surface area (Å²) in [6.45, 7) is 2.05. The zero-order valence-corrected chi connectivity index (χ0v) is 19.2. The Balaban J connectivity index is 1.43. The molecule has 0 saturated carbocycles. The highest BCUT2D eigenvalue weighted by atomic mass is 32.2. The van der Waals surface area contributed by atoms with Crippen molar-refractivity contribution < 1.29 is 27.1 Å². The molecule has 1 heterocycles. The van der Waals surface area contributed by atoms with Gasteiger partial charge in [-0.2, -0.15) is 0 Å². The van der Waals surface area contributed by atoms with E-state index in [1.54, 1.807) is 4.90 Å². The normalized spacial score (nSPS) is 14.1. The van der Waals surface area contributed by atoms with Gasteiger partial charge in [0.05, 0.1) is 16.1 Å². The number of nitrogens with zero attached hydrogens (tertiary/aromatic N) is 1. The fourth-order valence-corrected chi connectivity index (χ4v) is 4.85. The molecule has 9 heteroatoms. The fraction of sp³-hybridized carbons (Fsp3) is 0.200. The lowest BCUT2D eigenvalue weighted by Gasteiger charge is -2.31. The van der Waals surface area contributed by atoms with E-state index in [9.17, 15) is 22.4 Å². The van der Waals surface area contributed by atoms with Crippen LogP contribution in [0.15, 0.2) is 77.7 Å². The molecule has 0 unspecified atom stereocenters. The number of anilines is 2. The second-order valence-electron chi connectivity index (χ2n) is 7.88. The number of ether oxygens (including phenoxy) is 1. The number of halogens is 1. The van der Waals surface area contributed by atoms with Gasteiger partial charge in [-0.05, 0) is 67.8 Å². The van der Waals surface area contributed by atoms with Gasteiger partial charge < -0.3 is 9.64 Å². The van der Waals surface area contributed by atoms with E-state index in [-0.39, 0.29) is 22.1 Å². The molecule has 0 bridgehead atoms. The summed E-state index contributed by atoms with van der Waals surface area (Å²) in [5.74, 6) is -1.79. The smallest absolute Gasteiger partial charge is 0.338 e. The van der Waals surface area contributed by atoms with Crippen LogP contribution in [0.4, 0.5) is 15.8 Å². The summed E-state index contributed by atoms with van der Waals surface area (Å²) in [6, 6.07) is 18.0. The average molecular weight is 483 g/mol. The molecule has 34 heavy (non-hydrogen) atoms. The summed E-state index contributed by atoms with van der Waals surface area (Å²) in [6.07, 6.45) is 0.680. The van der Waals surface area contributed by atoms with Gasteiger partial charge in [0, 0.05) is 12.2 Å². The van der Waals surface area contributed by atoms with Gasteiger partial charge in [-0.1, -0.05) is 30.3 Å². The predicted octanol–water partition coefficient (Wildman–Crippen LogP) is 4.15. The molecule has 0 aromatic heterocycles. The molecule has 3 aromatic carbocycles. The van der Waals surface area contributed by atoms with Crippen LogP contribution in [0.3, 0.4) is 0 Å². The van der Waals surface area contributed by atoms with Crippen LogP contribution in [0.2, 0.25) is 0 Å². The summed E-state index contributed by atoms with van der Waals surface area (Å²) in [7, 11) is -4.06. The zero-order valence-electron chi connectivity index (χ0n) is 18.4. The van der Waals surface area contributed by atoms with E-state index in [0.29, 0.717) is 6.54 Å². The summed E-state index contributed by atoms with van der Waals surface area (Å²) >= 11 is 0. The zero-order chi connectivity index (χ0) is 24.3. The first kappa shape index (κ1) is 23.4. The number of hydrogen-bond acceptors (Lipinski definition) is 5. The molecular weight excluding hydrogens is 459 g/mol. The van der Waals surface area contributed by atoms with Gasteiger partial charge in [-0.25, -0.2) is 17.6 Å². The van der Waals surface area contributed by atoms with Crippen LogP contribution in [0.25, 0.3) is 0 Å². The molecule has 1 atom stereocenters. The predicted molar refractivity (Wildman–Crippen MR) is 126 cm³/mol. The van der Waals surface area contributed by atoms with E-state index >= 15 is 0 Å². The van der Waals surface area contributed by atoms with Crippen LogP contribution in [-0.2, 0) is 26.0 Å². The molecule has 1 aliphatic heterocycles. The maximum Gasteiger partial charge on any atom is 0.338 e. The van der Waals surface area contributed by atoms with Gasteiger partial charge >= 0.3 is 5.97 Å². The molecule has 176 valence electrons. The lowest BCUT2D eigenvalue weighted by molar-refractivity contribution is -0.126. The highest BCUT2D eigenvalue weighted by Crippen LogP contribution is 2.27. The number of esters is 1. The summed E-state index contributed by atoms with van der Waals surface area (Å²) in [4.78, 5) is 27.0. The number of fused-ring (bicyclic) bond motifs is 1. The lowest BCUT2D eigenvalue weighted by Crippen LogP contribution is -2.42. The molecule has 0 fully saturated rings. The Morgan fingerprint density at radius 3 is 2.41 bits per heavy atom. The Hall–Kier alpha value is -3.72. The highest BCUT2D eigenvalue weighted by Gasteiger charge is 2.28. The van der Waals surface area contributed by atoms with Gasteiger partial charge in [0.1, 0.15) is 5.82 Å². The van der Waals surface area contributed by atoms with E-state index in [1.165, 1.54) is 49.4 Å². The van der Waals surface area contributed by atoms with E-state index in [2.05, 4.69) is 4.72 Å². The molecule has 1 N–H and O–H groups in total. The molecule has 0 saturated heterocycles. The monoisotopic (exact) mass is 482 g/mol. The van der Waals surface area contributed by atoms with Gasteiger partial charge in [0.2, 0.25) is 0 Å². The maximum absolute atomic E-state index is 13.8. The number of benzene rings is 3. The number of carbonyl (C=O) groups excluding carboxylic acids is 2. The standard InChI is InChI=1S/C25H23FN2O5S/c1-17(24(29)28-16-6-8-18-7-2-5-11-23(18)28)33-25(30)19-12-14-20(15-13-19)34(31,32)27-22-10-4-3-9-21(22)26/h2-5,7,9-15,17,27H,6,8,16H2,1H3/t17-/m0/s1. The second-order valence-corrected chi connectivity index (χ2v) is 9.56. The maximum atomic E-state index is 13.8. The topological polar surface area (TPSA) is 92.8 Å². The van der Waals surface area contributed by atoms with Crippen LogP contribution in [0, 0.1) is 5.82 Å². The molecule has 3 aromatic rings. The summed E-state index contributed by atoms with van der Waals surface area (Å²) < 4.78 is 46.4. The van der Waals surface area contributed by atoms with Crippen molar-refractivity contribution in [3.8, 4) is 0 Å². The quantitative estimate of drug-likeness (QED) is 0.533. The number of nitrogens with one attached hydrogen (secondary N) is 1. The highest BCUT2D eigenvalue weighted by molar-refractivity contribution is 7.92. The third-order valence-corrected chi connectivity index (χ3v) is 6.91. The van der Waals surface area contributed by atoms with Crippen LogP contribution in [0.5, 0.6) is 0 Å². The molecule has 7 nitrogen and oxygen atoms in total. The molecule has 0 radical (unpaired) electrons. The Kier molecular flexibility index (Phi) is 6.65. The average Bonchev–Trinajstić information content (AvgIpc) is 2.84. The largest absolute Gasteiger partial charge is 0.449 e. The first-order valence-electron chi connectivity index (χ1n) is 10.7. The molecular formula is C25H23FN2O5S. The number of sulfonamides is 1. The third kappa shape index (κ3) is 4.94. The first-order chi connectivity index (χ1) is 16.3. The SMILES string of the molecule is C[C@H](OC(=O)c1ccc(S(=O)(=O)Nc2ccccc2F)cc1)C(=O)N1CCCc2ccccc21. The fourth-order valence-electron chi connectivity index (χ4n) is 3.78. The van der Waals surface area contributed by atoms with Crippen molar-refractivity contribution in [3.63, 3.8) is 0 Å². The van der Waals surface area contributed by atoms with Gasteiger partial charge in [-0.15, -0.1) is 0 Å². The van der Waals surface area contributed by atoms with Crippen molar-refractivity contribution in [1.82, 2.24) is 0 Å². The Morgan fingerprint density at radius 1 is 1.00 bits per heavy atom. The number of rotatable bonds is 6. The molecule has 0 spiro atoms. The summed E-state index contributed by atoms with van der Waals surface area (Å²) in [5, 5.41) is 0. The van der Waals surface area contributed by atoms with E-state index in [1.807, 2.05) is 24.3 Å². The number of hydrogen-bond donors (Lipinski definition) is 1. The Bertz CT molecular complexity index is 1330. The van der Waals surface area contributed by atoms with Crippen LogP contribution in [-0.4, -0.2) is 32.9 Å². The van der Waals surface area contributed by atoms with Gasteiger partial charge in [0.25, 0.3) is 15.9 Å². The Labute approximate surface area is 197 Å². The molecule has 1 amide bonds. The van der Waals surface area contributed by atoms with Crippen molar-refractivity contribution in [2.75, 3.05) is 16.2 Å². The molecule has 1 aliphatic rings.